The first-order chi connectivity index (χ1) is 12.6. The van der Waals surface area contributed by atoms with Gasteiger partial charge >= 0.3 is 0 Å². The SMILES string of the molecule is CN(Cc1ccccc1)C1COC2(C1)CN(C(=O)c1ccncc1F)C2. The molecule has 0 bridgehead atoms. The predicted molar refractivity (Wildman–Crippen MR) is 95.1 cm³/mol. The van der Waals surface area contributed by atoms with Crippen LogP contribution in [0.25, 0.3) is 0 Å². The van der Waals surface area contributed by atoms with E-state index in [4.69, 9.17) is 4.74 Å². The molecule has 2 saturated heterocycles. The highest BCUT2D eigenvalue weighted by atomic mass is 19.1. The Morgan fingerprint density at radius 1 is 1.35 bits per heavy atom. The Morgan fingerprint density at radius 2 is 2.12 bits per heavy atom. The highest BCUT2D eigenvalue weighted by Crippen LogP contribution is 2.37. The zero-order valence-electron chi connectivity index (χ0n) is 14.8. The molecule has 1 unspecified atom stereocenters. The molecule has 1 aromatic heterocycles. The number of likely N-dealkylation sites (N-methyl/N-ethyl adjacent to an activating group) is 1. The summed E-state index contributed by atoms with van der Waals surface area (Å²) in [6.45, 7) is 2.57. The van der Waals surface area contributed by atoms with E-state index in [0.29, 0.717) is 25.7 Å². The van der Waals surface area contributed by atoms with Gasteiger partial charge in [-0.15, -0.1) is 0 Å². The lowest BCUT2D eigenvalue weighted by Crippen LogP contribution is -2.63. The van der Waals surface area contributed by atoms with Gasteiger partial charge in [-0.3, -0.25) is 14.7 Å². The van der Waals surface area contributed by atoms with E-state index in [2.05, 4.69) is 29.1 Å². The van der Waals surface area contributed by atoms with Crippen molar-refractivity contribution >= 4 is 5.91 Å². The molecule has 2 aromatic rings. The van der Waals surface area contributed by atoms with Crippen molar-refractivity contribution in [2.75, 3.05) is 26.7 Å². The summed E-state index contributed by atoms with van der Waals surface area (Å²) in [5, 5.41) is 0. The average Bonchev–Trinajstić information content (AvgIpc) is 3.07. The minimum atomic E-state index is -0.578. The Hall–Kier alpha value is -2.31. The minimum Gasteiger partial charge on any atom is -0.370 e. The molecule has 1 atom stereocenters. The third-order valence-electron chi connectivity index (χ3n) is 5.34. The van der Waals surface area contributed by atoms with Crippen LogP contribution >= 0.6 is 0 Å². The van der Waals surface area contributed by atoms with Gasteiger partial charge in [0, 0.05) is 18.8 Å². The third kappa shape index (κ3) is 3.22. The molecule has 0 N–H and O–H groups in total. The summed E-state index contributed by atoms with van der Waals surface area (Å²) in [6.07, 6.45) is 3.40. The molecule has 2 aliphatic rings. The Morgan fingerprint density at radius 3 is 2.85 bits per heavy atom. The summed E-state index contributed by atoms with van der Waals surface area (Å²) >= 11 is 0. The molecule has 1 spiro atoms. The maximum Gasteiger partial charge on any atom is 0.257 e. The lowest BCUT2D eigenvalue weighted by atomic mass is 9.88. The van der Waals surface area contributed by atoms with Crippen LogP contribution < -0.4 is 0 Å². The van der Waals surface area contributed by atoms with Crippen LogP contribution in [-0.4, -0.2) is 59.1 Å². The number of hydrogen-bond donors (Lipinski definition) is 0. The first kappa shape index (κ1) is 17.1. The molecule has 2 aliphatic heterocycles. The molecule has 6 heteroatoms. The Labute approximate surface area is 152 Å². The topological polar surface area (TPSA) is 45.7 Å². The van der Waals surface area contributed by atoms with E-state index in [9.17, 15) is 9.18 Å². The van der Waals surface area contributed by atoms with Crippen molar-refractivity contribution in [3.63, 3.8) is 0 Å². The summed E-state index contributed by atoms with van der Waals surface area (Å²) in [6, 6.07) is 12.1. The molecule has 1 amide bonds. The van der Waals surface area contributed by atoms with Gasteiger partial charge in [0.05, 0.1) is 31.5 Å². The number of pyridine rings is 1. The van der Waals surface area contributed by atoms with Gasteiger partial charge in [0.1, 0.15) is 5.60 Å². The summed E-state index contributed by atoms with van der Waals surface area (Å²) in [4.78, 5) is 20.1. The number of rotatable bonds is 4. The maximum atomic E-state index is 13.8. The number of carbonyl (C=O) groups excluding carboxylic acids is 1. The van der Waals surface area contributed by atoms with E-state index in [1.54, 1.807) is 4.90 Å². The molecule has 26 heavy (non-hydrogen) atoms. The van der Waals surface area contributed by atoms with Crippen molar-refractivity contribution in [1.29, 1.82) is 0 Å². The number of ether oxygens (including phenoxy) is 1. The molecule has 0 aliphatic carbocycles. The predicted octanol–water partition coefficient (Wildman–Crippen LogP) is 2.34. The fraction of sp³-hybridized carbons (Fsp3) is 0.400. The fourth-order valence-corrected chi connectivity index (χ4v) is 3.84. The summed E-state index contributed by atoms with van der Waals surface area (Å²) in [5.74, 6) is -0.869. The summed E-state index contributed by atoms with van der Waals surface area (Å²) in [7, 11) is 2.11. The van der Waals surface area contributed by atoms with Gasteiger partial charge in [0.25, 0.3) is 5.91 Å². The lowest BCUT2D eigenvalue weighted by Gasteiger charge is -2.47. The van der Waals surface area contributed by atoms with E-state index >= 15 is 0 Å². The number of carbonyl (C=O) groups is 1. The lowest BCUT2D eigenvalue weighted by molar-refractivity contribution is -0.0951. The van der Waals surface area contributed by atoms with Gasteiger partial charge in [-0.2, -0.15) is 0 Å². The molecule has 0 saturated carbocycles. The van der Waals surface area contributed by atoms with Crippen molar-refractivity contribution in [3.05, 3.63) is 65.7 Å². The molecule has 136 valence electrons. The van der Waals surface area contributed by atoms with Crippen LogP contribution in [0.5, 0.6) is 0 Å². The standard InChI is InChI=1S/C20H22FN3O2/c1-23(11-15-5-3-2-4-6-15)16-9-20(26-12-16)13-24(14-20)19(25)17-7-8-22-10-18(17)21/h2-8,10,16H,9,11-14H2,1H3. The zero-order chi connectivity index (χ0) is 18.1. The van der Waals surface area contributed by atoms with Gasteiger partial charge < -0.3 is 9.64 Å². The van der Waals surface area contributed by atoms with Crippen LogP contribution in [0.1, 0.15) is 22.3 Å². The summed E-state index contributed by atoms with van der Waals surface area (Å²) < 4.78 is 19.8. The smallest absolute Gasteiger partial charge is 0.257 e. The second-order valence-corrected chi connectivity index (χ2v) is 7.27. The van der Waals surface area contributed by atoms with Crippen LogP contribution in [0.2, 0.25) is 0 Å². The quantitative estimate of drug-likeness (QED) is 0.845. The average molecular weight is 355 g/mol. The Balaban J connectivity index is 1.34. The molecule has 1 aromatic carbocycles. The second-order valence-electron chi connectivity index (χ2n) is 7.27. The van der Waals surface area contributed by atoms with Crippen LogP contribution in [0.3, 0.4) is 0 Å². The normalized spacial score (nSPS) is 21.2. The number of amides is 1. The van der Waals surface area contributed by atoms with Crippen molar-refractivity contribution in [1.82, 2.24) is 14.8 Å². The first-order valence-electron chi connectivity index (χ1n) is 8.83. The summed E-state index contributed by atoms with van der Waals surface area (Å²) in [5.41, 5.74) is 1.06. The Bertz CT molecular complexity index is 793. The first-order valence-corrected chi connectivity index (χ1v) is 8.83. The highest BCUT2D eigenvalue weighted by molar-refractivity contribution is 5.95. The number of likely N-dealkylation sites (tertiary alicyclic amines) is 1. The second kappa shape index (κ2) is 6.78. The molecular formula is C20H22FN3O2. The zero-order valence-corrected chi connectivity index (χ0v) is 14.8. The number of aromatic nitrogens is 1. The van der Waals surface area contributed by atoms with E-state index in [0.717, 1.165) is 19.2 Å². The Kier molecular flexibility index (Phi) is 4.46. The number of hydrogen-bond acceptors (Lipinski definition) is 4. The van der Waals surface area contributed by atoms with Gasteiger partial charge in [0.2, 0.25) is 0 Å². The van der Waals surface area contributed by atoms with Crippen LogP contribution in [0.4, 0.5) is 4.39 Å². The molecule has 0 radical (unpaired) electrons. The van der Waals surface area contributed by atoms with Gasteiger partial charge in [-0.1, -0.05) is 30.3 Å². The molecule has 3 heterocycles. The van der Waals surface area contributed by atoms with Crippen LogP contribution in [0, 0.1) is 5.82 Å². The molecular weight excluding hydrogens is 333 g/mol. The molecule has 4 rings (SSSR count). The molecule has 2 fully saturated rings. The van der Waals surface area contributed by atoms with E-state index < -0.39 is 5.82 Å². The fourth-order valence-electron chi connectivity index (χ4n) is 3.84. The van der Waals surface area contributed by atoms with Crippen LogP contribution in [-0.2, 0) is 11.3 Å². The van der Waals surface area contributed by atoms with Gasteiger partial charge in [-0.05, 0) is 25.1 Å². The largest absolute Gasteiger partial charge is 0.370 e. The van der Waals surface area contributed by atoms with E-state index in [-0.39, 0.29) is 17.1 Å². The van der Waals surface area contributed by atoms with E-state index in [1.165, 1.54) is 17.8 Å². The third-order valence-corrected chi connectivity index (χ3v) is 5.34. The van der Waals surface area contributed by atoms with Crippen LogP contribution in [0.15, 0.2) is 48.8 Å². The number of halogens is 1. The van der Waals surface area contributed by atoms with Crippen molar-refractivity contribution in [3.8, 4) is 0 Å². The molecule has 5 nitrogen and oxygen atoms in total. The van der Waals surface area contributed by atoms with Crippen molar-refractivity contribution in [2.24, 2.45) is 0 Å². The van der Waals surface area contributed by atoms with Crippen molar-refractivity contribution < 1.29 is 13.9 Å². The minimum absolute atomic E-state index is 0.0746. The van der Waals surface area contributed by atoms with Gasteiger partial charge in [0.15, 0.2) is 5.82 Å². The number of benzene rings is 1. The number of nitrogens with zero attached hydrogens (tertiary/aromatic N) is 3. The van der Waals surface area contributed by atoms with Crippen molar-refractivity contribution in [2.45, 2.75) is 24.6 Å². The monoisotopic (exact) mass is 355 g/mol. The highest BCUT2D eigenvalue weighted by Gasteiger charge is 2.52. The van der Waals surface area contributed by atoms with Gasteiger partial charge in [-0.25, -0.2) is 4.39 Å². The van der Waals surface area contributed by atoms with E-state index in [1.807, 2.05) is 18.2 Å². The maximum absolute atomic E-state index is 13.8.